The first kappa shape index (κ1) is 18.1. The molecule has 0 amide bonds. The third-order valence-corrected chi connectivity index (χ3v) is 5.43. The topological polar surface area (TPSA) is 61.9 Å². The average molecular weight is 383 g/mol. The van der Waals surface area contributed by atoms with Gasteiger partial charge in [0, 0.05) is 42.9 Å². The average Bonchev–Trinajstić information content (AvgIpc) is 2.63. The van der Waals surface area contributed by atoms with Gasteiger partial charge in [0.25, 0.3) is 5.56 Å². The van der Waals surface area contributed by atoms with Crippen molar-refractivity contribution < 1.29 is 0 Å². The second-order valence-corrected chi connectivity index (χ2v) is 7.98. The van der Waals surface area contributed by atoms with E-state index in [2.05, 4.69) is 38.9 Å². The highest BCUT2D eigenvalue weighted by Crippen LogP contribution is 2.25. The minimum Gasteiger partial charge on any atom is -0.310 e. The Bertz CT molecular complexity index is 1070. The normalized spacial score (nSPS) is 14.7. The lowest BCUT2D eigenvalue weighted by Gasteiger charge is -2.28. The molecule has 0 radical (unpaired) electrons. The van der Waals surface area contributed by atoms with Gasteiger partial charge in [-0.3, -0.25) is 9.69 Å². The summed E-state index contributed by atoms with van der Waals surface area (Å²) in [6.45, 7) is 8.24. The van der Waals surface area contributed by atoms with Crippen LogP contribution in [0.5, 0.6) is 0 Å². The van der Waals surface area contributed by atoms with Crippen molar-refractivity contribution in [1.29, 1.82) is 0 Å². The molecule has 2 aromatic heterocycles. The van der Waals surface area contributed by atoms with Crippen molar-refractivity contribution in [3.8, 4) is 0 Å². The Morgan fingerprint density at radius 3 is 2.85 bits per heavy atom. The number of aromatic amines is 1. The van der Waals surface area contributed by atoms with Gasteiger partial charge in [-0.1, -0.05) is 37.1 Å². The van der Waals surface area contributed by atoms with E-state index in [9.17, 15) is 4.79 Å². The van der Waals surface area contributed by atoms with Gasteiger partial charge in [0.2, 0.25) is 0 Å². The Kier molecular flexibility index (Phi) is 4.74. The van der Waals surface area contributed by atoms with Crippen LogP contribution in [0.2, 0.25) is 5.15 Å². The van der Waals surface area contributed by atoms with Crippen LogP contribution in [0.3, 0.4) is 0 Å². The second-order valence-electron chi connectivity index (χ2n) is 7.63. The number of halogens is 1. The number of aryl methyl sites for hydroxylation is 1. The van der Waals surface area contributed by atoms with E-state index in [0.29, 0.717) is 18.2 Å². The van der Waals surface area contributed by atoms with Crippen molar-refractivity contribution in [1.82, 2.24) is 19.9 Å². The SMILES string of the molecule is Cc1ccc2nc(Cl)c(CN3CCc4nc(C(C)C)[nH]c(=O)c4C3)cc2c1. The standard InChI is InChI=1S/C21H23ClN4O/c1-12(2)20-24-18-6-7-26(11-16(18)21(27)25-20)10-15-9-14-8-13(3)4-5-17(14)23-19(15)22/h4-5,8-9,12H,6-7,10-11H2,1-3H3,(H,24,25,27). The predicted octanol–water partition coefficient (Wildman–Crippen LogP) is 3.96. The van der Waals surface area contributed by atoms with E-state index in [1.54, 1.807) is 0 Å². The Morgan fingerprint density at radius 1 is 1.26 bits per heavy atom. The summed E-state index contributed by atoms with van der Waals surface area (Å²) in [7, 11) is 0. The molecular formula is C21H23ClN4O. The quantitative estimate of drug-likeness (QED) is 0.696. The van der Waals surface area contributed by atoms with Crippen molar-refractivity contribution in [3.63, 3.8) is 0 Å². The molecule has 140 valence electrons. The highest BCUT2D eigenvalue weighted by Gasteiger charge is 2.22. The Morgan fingerprint density at radius 2 is 2.07 bits per heavy atom. The zero-order valence-electron chi connectivity index (χ0n) is 15.8. The van der Waals surface area contributed by atoms with Crippen LogP contribution in [0.15, 0.2) is 29.1 Å². The highest BCUT2D eigenvalue weighted by atomic mass is 35.5. The first-order chi connectivity index (χ1) is 12.9. The van der Waals surface area contributed by atoms with E-state index < -0.39 is 0 Å². The summed E-state index contributed by atoms with van der Waals surface area (Å²) in [4.78, 5) is 26.9. The van der Waals surface area contributed by atoms with Crippen LogP contribution >= 0.6 is 11.6 Å². The van der Waals surface area contributed by atoms with E-state index in [4.69, 9.17) is 11.6 Å². The number of benzene rings is 1. The summed E-state index contributed by atoms with van der Waals surface area (Å²) >= 11 is 6.43. The fourth-order valence-electron chi connectivity index (χ4n) is 3.58. The lowest BCUT2D eigenvalue weighted by Crippen LogP contribution is -2.36. The van der Waals surface area contributed by atoms with Crippen molar-refractivity contribution >= 4 is 22.5 Å². The summed E-state index contributed by atoms with van der Waals surface area (Å²) in [5.41, 5.74) is 4.76. The van der Waals surface area contributed by atoms with E-state index in [-0.39, 0.29) is 11.5 Å². The number of rotatable bonds is 3. The van der Waals surface area contributed by atoms with Crippen LogP contribution < -0.4 is 5.56 Å². The summed E-state index contributed by atoms with van der Waals surface area (Å²) in [5.74, 6) is 0.983. The van der Waals surface area contributed by atoms with Gasteiger partial charge in [0.05, 0.1) is 16.8 Å². The van der Waals surface area contributed by atoms with Gasteiger partial charge < -0.3 is 4.98 Å². The van der Waals surface area contributed by atoms with Crippen LogP contribution in [0.25, 0.3) is 10.9 Å². The lowest BCUT2D eigenvalue weighted by atomic mass is 10.0. The first-order valence-electron chi connectivity index (χ1n) is 9.31. The number of hydrogen-bond donors (Lipinski definition) is 1. The monoisotopic (exact) mass is 382 g/mol. The second kappa shape index (κ2) is 7.06. The number of nitrogens with zero attached hydrogens (tertiary/aromatic N) is 3. The Hall–Kier alpha value is -2.24. The van der Waals surface area contributed by atoms with Gasteiger partial charge in [-0.25, -0.2) is 9.97 Å². The third-order valence-electron chi connectivity index (χ3n) is 5.10. The molecule has 6 heteroatoms. The Labute approximate surface area is 163 Å². The molecule has 1 aliphatic rings. The van der Waals surface area contributed by atoms with Crippen LogP contribution in [-0.2, 0) is 19.5 Å². The third kappa shape index (κ3) is 3.62. The summed E-state index contributed by atoms with van der Waals surface area (Å²) in [6, 6.07) is 8.26. The van der Waals surface area contributed by atoms with Gasteiger partial charge in [0.15, 0.2) is 0 Å². The minimum absolute atomic E-state index is 0.0215. The molecule has 0 aliphatic carbocycles. The number of H-pyrrole nitrogens is 1. The fraction of sp³-hybridized carbons (Fsp3) is 0.381. The molecule has 0 saturated carbocycles. The zero-order valence-corrected chi connectivity index (χ0v) is 16.6. The Balaban J connectivity index is 1.61. The van der Waals surface area contributed by atoms with Crippen LogP contribution in [0.4, 0.5) is 0 Å². The van der Waals surface area contributed by atoms with Crippen LogP contribution in [-0.4, -0.2) is 26.4 Å². The fourth-order valence-corrected chi connectivity index (χ4v) is 3.78. The largest absolute Gasteiger partial charge is 0.310 e. The summed E-state index contributed by atoms with van der Waals surface area (Å²) < 4.78 is 0. The summed E-state index contributed by atoms with van der Waals surface area (Å²) in [6.07, 6.45) is 0.775. The number of aromatic nitrogens is 3. The molecule has 0 atom stereocenters. The lowest BCUT2D eigenvalue weighted by molar-refractivity contribution is 0.241. The van der Waals surface area contributed by atoms with Crippen molar-refractivity contribution in [3.05, 3.63) is 68.0 Å². The smallest absolute Gasteiger partial charge is 0.255 e. The van der Waals surface area contributed by atoms with E-state index in [1.165, 1.54) is 5.56 Å². The van der Waals surface area contributed by atoms with Gasteiger partial charge in [-0.15, -0.1) is 0 Å². The maximum atomic E-state index is 12.5. The number of hydrogen-bond acceptors (Lipinski definition) is 4. The molecular weight excluding hydrogens is 360 g/mol. The molecule has 1 aromatic carbocycles. The molecule has 0 unspecified atom stereocenters. The molecule has 0 fully saturated rings. The van der Waals surface area contributed by atoms with Gasteiger partial charge in [-0.05, 0) is 25.1 Å². The van der Waals surface area contributed by atoms with Crippen molar-refractivity contribution in [2.75, 3.05) is 6.54 Å². The molecule has 27 heavy (non-hydrogen) atoms. The van der Waals surface area contributed by atoms with Gasteiger partial charge >= 0.3 is 0 Å². The molecule has 1 aliphatic heterocycles. The van der Waals surface area contributed by atoms with Gasteiger partial charge in [-0.2, -0.15) is 0 Å². The van der Waals surface area contributed by atoms with Crippen LogP contribution in [0, 0.1) is 6.92 Å². The molecule has 5 nitrogen and oxygen atoms in total. The molecule has 0 saturated heterocycles. The van der Waals surface area contributed by atoms with Crippen molar-refractivity contribution in [2.45, 2.75) is 46.2 Å². The molecule has 3 aromatic rings. The molecule has 0 bridgehead atoms. The number of pyridine rings is 1. The molecule has 4 rings (SSSR count). The summed E-state index contributed by atoms with van der Waals surface area (Å²) in [5, 5.41) is 1.62. The van der Waals surface area contributed by atoms with E-state index in [0.717, 1.165) is 46.5 Å². The first-order valence-corrected chi connectivity index (χ1v) is 9.68. The van der Waals surface area contributed by atoms with E-state index in [1.807, 2.05) is 26.0 Å². The van der Waals surface area contributed by atoms with E-state index >= 15 is 0 Å². The minimum atomic E-state index is -0.0215. The number of fused-ring (bicyclic) bond motifs is 2. The van der Waals surface area contributed by atoms with Crippen LogP contribution in [0.1, 0.15) is 48.0 Å². The maximum Gasteiger partial charge on any atom is 0.255 e. The van der Waals surface area contributed by atoms with Gasteiger partial charge in [0.1, 0.15) is 11.0 Å². The van der Waals surface area contributed by atoms with Crippen molar-refractivity contribution in [2.24, 2.45) is 0 Å². The maximum absolute atomic E-state index is 12.5. The zero-order chi connectivity index (χ0) is 19.1. The number of nitrogens with one attached hydrogen (secondary N) is 1. The molecule has 1 N–H and O–H groups in total. The highest BCUT2D eigenvalue weighted by molar-refractivity contribution is 6.30. The molecule has 0 spiro atoms. The predicted molar refractivity (Wildman–Crippen MR) is 108 cm³/mol. The molecule has 3 heterocycles.